The molecule has 1 unspecified atom stereocenters. The van der Waals surface area contributed by atoms with Gasteiger partial charge in [0, 0.05) is 0 Å². The van der Waals surface area contributed by atoms with Crippen molar-refractivity contribution in [2.45, 2.75) is 26.9 Å². The van der Waals surface area contributed by atoms with Crippen molar-refractivity contribution >= 4 is 0 Å². The molecule has 0 rings (SSSR count). The van der Waals surface area contributed by atoms with Crippen LogP contribution < -0.4 is 0 Å². The number of hydrogen-bond acceptors (Lipinski definition) is 1. The molecule has 0 spiro atoms. The van der Waals surface area contributed by atoms with Gasteiger partial charge in [0.1, 0.15) is 0 Å². The van der Waals surface area contributed by atoms with E-state index >= 15 is 0 Å². The van der Waals surface area contributed by atoms with Gasteiger partial charge in [-0.15, -0.1) is 0 Å². The third-order valence-corrected chi connectivity index (χ3v) is 2.38. The van der Waals surface area contributed by atoms with Gasteiger partial charge in [-0.1, -0.05) is 55.7 Å². The van der Waals surface area contributed by atoms with Gasteiger partial charge >= 0.3 is 0 Å². The van der Waals surface area contributed by atoms with Crippen molar-refractivity contribution in [3.8, 4) is 0 Å². The molecule has 0 aromatic rings. The first kappa shape index (κ1) is 15.4. The summed E-state index contributed by atoms with van der Waals surface area (Å²) in [6, 6.07) is 0. The van der Waals surface area contributed by atoms with Gasteiger partial charge in [0.2, 0.25) is 0 Å². The van der Waals surface area contributed by atoms with E-state index in [0.29, 0.717) is 0 Å². The number of rotatable bonds is 6. The second kappa shape index (κ2) is 8.54. The van der Waals surface area contributed by atoms with Crippen LogP contribution in [-0.4, -0.2) is 11.2 Å². The number of aliphatic hydroxyl groups is 1. The average molecular weight is 230 g/mol. The van der Waals surface area contributed by atoms with Gasteiger partial charge in [0.05, 0.1) is 6.10 Å². The molecule has 1 heteroatoms. The van der Waals surface area contributed by atoms with E-state index in [2.05, 4.69) is 13.2 Å². The molecule has 0 aromatic carbocycles. The minimum absolute atomic E-state index is 0.579. The minimum Gasteiger partial charge on any atom is -0.384 e. The molecule has 0 saturated heterocycles. The lowest BCUT2D eigenvalue weighted by atomic mass is 10.00. The summed E-state index contributed by atoms with van der Waals surface area (Å²) in [6.45, 7) is 13.1. The van der Waals surface area contributed by atoms with Crippen molar-refractivity contribution in [1.29, 1.82) is 0 Å². The van der Waals surface area contributed by atoms with Gasteiger partial charge in [0.25, 0.3) is 0 Å². The van der Waals surface area contributed by atoms with E-state index in [-0.39, 0.29) is 0 Å². The van der Waals surface area contributed by atoms with E-state index in [4.69, 9.17) is 0 Å². The van der Waals surface area contributed by atoms with Crippen molar-refractivity contribution in [2.24, 2.45) is 0 Å². The molecular formula is C16H22O. The molecule has 1 atom stereocenters. The van der Waals surface area contributed by atoms with Crippen molar-refractivity contribution in [1.82, 2.24) is 0 Å². The predicted octanol–water partition coefficient (Wildman–Crippen LogP) is 4.11. The maximum Gasteiger partial charge on any atom is 0.0998 e. The van der Waals surface area contributed by atoms with E-state index in [1.165, 1.54) is 0 Å². The fourth-order valence-corrected chi connectivity index (χ4v) is 1.45. The Bertz CT molecular complexity index is 378. The second-order valence-electron chi connectivity index (χ2n) is 3.69. The van der Waals surface area contributed by atoms with Crippen LogP contribution in [0.5, 0.6) is 0 Å². The Morgan fingerprint density at radius 3 is 2.29 bits per heavy atom. The zero-order valence-electron chi connectivity index (χ0n) is 11.0. The van der Waals surface area contributed by atoms with Crippen LogP contribution in [-0.2, 0) is 0 Å². The lowest BCUT2D eigenvalue weighted by Gasteiger charge is -2.13. The van der Waals surface area contributed by atoms with Crippen LogP contribution in [0, 0.1) is 0 Å². The highest BCUT2D eigenvalue weighted by molar-refractivity contribution is 5.39. The van der Waals surface area contributed by atoms with Gasteiger partial charge in [0.15, 0.2) is 0 Å². The van der Waals surface area contributed by atoms with Gasteiger partial charge < -0.3 is 5.11 Å². The van der Waals surface area contributed by atoms with E-state index < -0.39 is 6.10 Å². The number of allylic oxidation sites excluding steroid dienone is 7. The summed E-state index contributed by atoms with van der Waals surface area (Å²) in [7, 11) is 0. The van der Waals surface area contributed by atoms with E-state index in [1.807, 2.05) is 51.2 Å². The quantitative estimate of drug-likeness (QED) is 0.681. The molecular weight excluding hydrogens is 208 g/mol. The fraction of sp³-hybridized carbons (Fsp3) is 0.250. The molecule has 1 nitrogen and oxygen atoms in total. The van der Waals surface area contributed by atoms with Crippen LogP contribution in [0.15, 0.2) is 72.4 Å². The molecule has 0 amide bonds. The van der Waals surface area contributed by atoms with E-state index in [0.717, 1.165) is 16.7 Å². The Morgan fingerprint density at radius 1 is 1.24 bits per heavy atom. The van der Waals surface area contributed by atoms with Gasteiger partial charge in [-0.3, -0.25) is 0 Å². The largest absolute Gasteiger partial charge is 0.384 e. The molecule has 0 aliphatic carbocycles. The maximum absolute atomic E-state index is 10.1. The molecule has 92 valence electrons. The van der Waals surface area contributed by atoms with E-state index in [1.54, 1.807) is 12.2 Å². The van der Waals surface area contributed by atoms with Gasteiger partial charge in [-0.05, 0) is 37.5 Å². The standard InChI is InChI=1S/C16H22O/c1-6-10-14(8-3)12-13(5)16(17)15(9-4)11-7-2/h6-12,16-17H,1,3H2,2,4-5H3/b11-7-,13-12+,14-10+,15-9+. The Kier molecular flexibility index (Phi) is 7.74. The zero-order chi connectivity index (χ0) is 13.3. The molecule has 0 saturated carbocycles. The smallest absolute Gasteiger partial charge is 0.0998 e. The fourth-order valence-electron chi connectivity index (χ4n) is 1.45. The maximum atomic E-state index is 10.1. The molecule has 0 aliphatic rings. The highest BCUT2D eigenvalue weighted by Crippen LogP contribution is 2.15. The number of aliphatic hydroxyl groups excluding tert-OH is 1. The summed E-state index contributed by atoms with van der Waals surface area (Å²) in [5.41, 5.74) is 2.71. The van der Waals surface area contributed by atoms with Crippen LogP contribution >= 0.6 is 0 Å². The molecule has 1 N–H and O–H groups in total. The SMILES string of the molecule is C=C/C=C(C=C)/C=C(\C)C(O)C(/C=C\C)=C/C. The molecule has 0 heterocycles. The van der Waals surface area contributed by atoms with Crippen LogP contribution in [0.3, 0.4) is 0 Å². The lowest BCUT2D eigenvalue weighted by molar-refractivity contribution is 0.250. The van der Waals surface area contributed by atoms with Gasteiger partial charge in [-0.2, -0.15) is 0 Å². The normalized spacial score (nSPS) is 16.1. The summed E-state index contributed by atoms with van der Waals surface area (Å²) in [4.78, 5) is 0. The van der Waals surface area contributed by atoms with Crippen molar-refractivity contribution in [3.05, 3.63) is 72.4 Å². The Morgan fingerprint density at radius 2 is 1.88 bits per heavy atom. The third kappa shape index (κ3) is 5.32. The van der Waals surface area contributed by atoms with E-state index in [9.17, 15) is 5.11 Å². The molecule has 17 heavy (non-hydrogen) atoms. The van der Waals surface area contributed by atoms with Crippen molar-refractivity contribution in [3.63, 3.8) is 0 Å². The highest BCUT2D eigenvalue weighted by Gasteiger charge is 2.09. The molecule has 0 aromatic heterocycles. The first-order chi connectivity index (χ1) is 8.10. The predicted molar refractivity (Wildman–Crippen MR) is 76.8 cm³/mol. The van der Waals surface area contributed by atoms with Crippen LogP contribution in [0.2, 0.25) is 0 Å². The van der Waals surface area contributed by atoms with Crippen molar-refractivity contribution in [2.75, 3.05) is 0 Å². The second-order valence-corrected chi connectivity index (χ2v) is 3.69. The van der Waals surface area contributed by atoms with Crippen LogP contribution in [0.4, 0.5) is 0 Å². The summed E-state index contributed by atoms with van der Waals surface area (Å²) in [5.74, 6) is 0. The molecule has 0 fully saturated rings. The summed E-state index contributed by atoms with van der Waals surface area (Å²) in [5, 5.41) is 10.1. The summed E-state index contributed by atoms with van der Waals surface area (Å²) in [6.07, 6.45) is 12.4. The highest BCUT2D eigenvalue weighted by atomic mass is 16.3. The minimum atomic E-state index is -0.579. The summed E-state index contributed by atoms with van der Waals surface area (Å²) >= 11 is 0. The Labute approximate surface area is 105 Å². The summed E-state index contributed by atoms with van der Waals surface area (Å²) < 4.78 is 0. The molecule has 0 radical (unpaired) electrons. The topological polar surface area (TPSA) is 20.2 Å². The Hall–Kier alpha value is -1.60. The number of hydrogen-bond donors (Lipinski definition) is 1. The Balaban J connectivity index is 5.09. The zero-order valence-corrected chi connectivity index (χ0v) is 11.0. The van der Waals surface area contributed by atoms with Crippen LogP contribution in [0.1, 0.15) is 20.8 Å². The molecule has 0 aliphatic heterocycles. The first-order valence-electron chi connectivity index (χ1n) is 5.71. The van der Waals surface area contributed by atoms with Gasteiger partial charge in [-0.25, -0.2) is 0 Å². The monoisotopic (exact) mass is 230 g/mol. The van der Waals surface area contributed by atoms with Crippen LogP contribution in [0.25, 0.3) is 0 Å². The van der Waals surface area contributed by atoms with Crippen molar-refractivity contribution < 1.29 is 5.11 Å². The lowest BCUT2D eigenvalue weighted by Crippen LogP contribution is -2.10. The average Bonchev–Trinajstić information content (AvgIpc) is 2.34. The third-order valence-electron chi connectivity index (χ3n) is 2.38. The first-order valence-corrected chi connectivity index (χ1v) is 5.71. The molecule has 0 bridgehead atoms.